The number of nitrogens with two attached hydrogens (primary N) is 1. The molecule has 68 valence electrons. The topological polar surface area (TPSA) is 46.3 Å². The summed E-state index contributed by atoms with van der Waals surface area (Å²) in [4.78, 5) is 10.9. The van der Waals surface area contributed by atoms with Crippen LogP contribution in [-0.2, 0) is 4.79 Å². The van der Waals surface area contributed by atoms with E-state index >= 15 is 0 Å². The molecule has 0 unspecified atom stereocenters. The second-order valence-corrected chi connectivity index (χ2v) is 1.89. The van der Waals surface area contributed by atoms with Gasteiger partial charge in [-0.1, -0.05) is 0 Å². The zero-order chi connectivity index (χ0) is 9.49. The smallest absolute Gasteiger partial charge is 0.351 e. The molecule has 0 heterocycles. The second-order valence-electron chi connectivity index (χ2n) is 1.89. The van der Waals surface area contributed by atoms with Gasteiger partial charge in [0, 0.05) is 14.1 Å². The third-order valence-corrected chi connectivity index (χ3v) is 0.442. The van der Waals surface area contributed by atoms with Crippen LogP contribution in [0.3, 0.4) is 0 Å². The van der Waals surface area contributed by atoms with E-state index in [9.17, 15) is 18.0 Å². The summed E-state index contributed by atoms with van der Waals surface area (Å²) in [5, 5.41) is 0. The van der Waals surface area contributed by atoms with Gasteiger partial charge in [-0.3, -0.25) is 4.79 Å². The fraction of sp³-hybridized carbons (Fsp3) is 0.800. The highest BCUT2D eigenvalue weighted by atomic mass is 19.4. The van der Waals surface area contributed by atoms with Crippen LogP contribution in [0.4, 0.5) is 13.2 Å². The highest BCUT2D eigenvalue weighted by Gasteiger charge is 2.23. The van der Waals surface area contributed by atoms with Gasteiger partial charge < -0.3 is 10.6 Å². The molecule has 0 rings (SSSR count). The maximum Gasteiger partial charge on any atom is 0.400 e. The third kappa shape index (κ3) is 27.0. The van der Waals surface area contributed by atoms with Gasteiger partial charge in [0.25, 0.3) is 0 Å². The minimum atomic E-state index is -4.18. The predicted octanol–water partition coefficient (Wildman–Crippen LogP) is 0.212. The standard InChI is InChI=1S/C3H7NO.C2H4F3N/c1-4(2)3-5;3-2(4,5)1-6/h3H,1-2H3;1,6H2. The average molecular weight is 172 g/mol. The summed E-state index contributed by atoms with van der Waals surface area (Å²) >= 11 is 0. The van der Waals surface area contributed by atoms with Crippen LogP contribution in [0.15, 0.2) is 0 Å². The first kappa shape index (κ1) is 12.9. The molecule has 11 heavy (non-hydrogen) atoms. The van der Waals surface area contributed by atoms with E-state index in [0.29, 0.717) is 0 Å². The van der Waals surface area contributed by atoms with E-state index in [4.69, 9.17) is 0 Å². The molecule has 0 saturated carbocycles. The Morgan fingerprint density at radius 1 is 1.45 bits per heavy atom. The van der Waals surface area contributed by atoms with Crippen molar-refractivity contribution in [2.75, 3.05) is 20.6 Å². The molecule has 0 bridgehead atoms. The largest absolute Gasteiger partial charge is 0.400 e. The van der Waals surface area contributed by atoms with Crippen LogP contribution in [0, 0.1) is 0 Å². The van der Waals surface area contributed by atoms with Crippen LogP contribution >= 0.6 is 0 Å². The average Bonchev–Trinajstić information content (AvgIpc) is 1.88. The summed E-state index contributed by atoms with van der Waals surface area (Å²) in [6, 6.07) is 0. The lowest BCUT2D eigenvalue weighted by molar-refractivity contribution is -0.118. The van der Waals surface area contributed by atoms with E-state index in [1.807, 2.05) is 0 Å². The van der Waals surface area contributed by atoms with Crippen LogP contribution in [0.1, 0.15) is 0 Å². The summed E-state index contributed by atoms with van der Waals surface area (Å²) in [6.45, 7) is -1.23. The van der Waals surface area contributed by atoms with E-state index in [-0.39, 0.29) is 0 Å². The van der Waals surface area contributed by atoms with Crippen molar-refractivity contribution in [1.82, 2.24) is 4.90 Å². The Bertz CT molecular complexity index is 102. The molecule has 0 aliphatic carbocycles. The van der Waals surface area contributed by atoms with Crippen molar-refractivity contribution in [1.29, 1.82) is 0 Å². The molecule has 0 aliphatic rings. The van der Waals surface area contributed by atoms with Gasteiger partial charge in [0.2, 0.25) is 6.41 Å². The van der Waals surface area contributed by atoms with Gasteiger partial charge in [-0.2, -0.15) is 13.2 Å². The fourth-order valence-electron chi connectivity index (χ4n) is 0. The minimum absolute atomic E-state index is 0.750. The lowest BCUT2D eigenvalue weighted by Crippen LogP contribution is -2.21. The monoisotopic (exact) mass is 172 g/mol. The number of alkyl halides is 3. The Hall–Kier alpha value is -0.780. The fourth-order valence-corrected chi connectivity index (χ4v) is 0. The first-order valence-electron chi connectivity index (χ1n) is 2.72. The zero-order valence-corrected chi connectivity index (χ0v) is 6.35. The predicted molar refractivity (Wildman–Crippen MR) is 34.9 cm³/mol. The maximum atomic E-state index is 10.7. The molecule has 0 aromatic heterocycles. The molecule has 3 nitrogen and oxygen atoms in total. The SMILES string of the molecule is CN(C)C=O.NCC(F)(F)F. The van der Waals surface area contributed by atoms with Crippen molar-refractivity contribution in [2.24, 2.45) is 5.73 Å². The summed E-state index contributed by atoms with van der Waals surface area (Å²) in [7, 11) is 3.38. The van der Waals surface area contributed by atoms with E-state index in [0.717, 1.165) is 6.41 Å². The summed E-state index contributed by atoms with van der Waals surface area (Å²) < 4.78 is 32.0. The first-order chi connectivity index (χ1) is 4.83. The Labute approximate surface area is 63.0 Å². The number of rotatable bonds is 1. The Morgan fingerprint density at radius 2 is 1.64 bits per heavy atom. The number of halogens is 3. The second kappa shape index (κ2) is 5.96. The zero-order valence-electron chi connectivity index (χ0n) is 6.35. The normalized spacial score (nSPS) is 9.64. The number of amides is 1. The summed E-state index contributed by atoms with van der Waals surface area (Å²) in [5.74, 6) is 0. The number of carbonyl (C=O) groups is 1. The number of carbonyl (C=O) groups excluding carboxylic acids is 1. The molecule has 0 aromatic carbocycles. The van der Waals surface area contributed by atoms with Crippen molar-refractivity contribution in [3.05, 3.63) is 0 Å². The molecule has 0 fully saturated rings. The van der Waals surface area contributed by atoms with Crippen molar-refractivity contribution in [3.63, 3.8) is 0 Å². The maximum absolute atomic E-state index is 10.7. The lowest BCUT2D eigenvalue weighted by Gasteiger charge is -1.96. The van der Waals surface area contributed by atoms with E-state index in [2.05, 4.69) is 5.73 Å². The Kier molecular flexibility index (Phi) is 6.97. The van der Waals surface area contributed by atoms with Crippen molar-refractivity contribution >= 4 is 6.41 Å². The molecular weight excluding hydrogens is 161 g/mol. The van der Waals surface area contributed by atoms with Crippen LogP contribution in [0.5, 0.6) is 0 Å². The molecule has 1 amide bonds. The number of hydrogen-bond donors (Lipinski definition) is 1. The lowest BCUT2D eigenvalue weighted by atomic mass is 10.7. The molecule has 0 atom stereocenters. The Morgan fingerprint density at radius 3 is 1.64 bits per heavy atom. The highest BCUT2D eigenvalue weighted by Crippen LogP contribution is 2.10. The van der Waals surface area contributed by atoms with Crippen LogP contribution in [-0.4, -0.2) is 38.1 Å². The quantitative estimate of drug-likeness (QED) is 0.575. The molecule has 2 N–H and O–H groups in total. The van der Waals surface area contributed by atoms with Gasteiger partial charge in [0.15, 0.2) is 0 Å². The summed E-state index contributed by atoms with van der Waals surface area (Å²) in [5.41, 5.74) is 4.18. The van der Waals surface area contributed by atoms with Gasteiger partial charge in [0.05, 0.1) is 6.54 Å². The van der Waals surface area contributed by atoms with Gasteiger partial charge in [-0.05, 0) is 0 Å². The molecule has 0 saturated heterocycles. The van der Waals surface area contributed by atoms with E-state index < -0.39 is 12.7 Å². The van der Waals surface area contributed by atoms with E-state index in [1.165, 1.54) is 4.90 Å². The van der Waals surface area contributed by atoms with Crippen molar-refractivity contribution in [3.8, 4) is 0 Å². The third-order valence-electron chi connectivity index (χ3n) is 0.442. The van der Waals surface area contributed by atoms with Crippen LogP contribution < -0.4 is 5.73 Å². The van der Waals surface area contributed by atoms with Crippen LogP contribution in [0.25, 0.3) is 0 Å². The number of nitrogens with zero attached hydrogens (tertiary/aromatic N) is 1. The molecule has 6 heteroatoms. The first-order valence-corrected chi connectivity index (χ1v) is 2.72. The van der Waals surface area contributed by atoms with Gasteiger partial charge >= 0.3 is 6.18 Å². The minimum Gasteiger partial charge on any atom is -0.351 e. The van der Waals surface area contributed by atoms with Gasteiger partial charge in [0.1, 0.15) is 0 Å². The van der Waals surface area contributed by atoms with Gasteiger partial charge in [-0.15, -0.1) is 0 Å². The molecule has 0 aromatic rings. The Balaban J connectivity index is 0. The molecule has 0 radical (unpaired) electrons. The number of hydrogen-bond acceptors (Lipinski definition) is 2. The molecular formula is C5H11F3N2O. The van der Waals surface area contributed by atoms with Crippen LogP contribution in [0.2, 0.25) is 0 Å². The van der Waals surface area contributed by atoms with Crippen molar-refractivity contribution in [2.45, 2.75) is 6.18 Å². The summed E-state index contributed by atoms with van der Waals surface area (Å²) in [6.07, 6.45) is -3.43. The molecule has 0 spiro atoms. The van der Waals surface area contributed by atoms with E-state index in [1.54, 1.807) is 14.1 Å². The van der Waals surface area contributed by atoms with Crippen molar-refractivity contribution < 1.29 is 18.0 Å². The van der Waals surface area contributed by atoms with Gasteiger partial charge in [-0.25, -0.2) is 0 Å². The highest BCUT2D eigenvalue weighted by molar-refractivity contribution is 5.45. The molecule has 0 aliphatic heterocycles.